The Morgan fingerprint density at radius 2 is 2.00 bits per heavy atom. The molecule has 18 heavy (non-hydrogen) atoms. The first-order chi connectivity index (χ1) is 8.60. The summed E-state index contributed by atoms with van der Waals surface area (Å²) in [5.41, 5.74) is 0. The molecule has 0 aliphatic carbocycles. The number of carbonyl (C=O) groups excluding carboxylic acids is 1. The predicted octanol–water partition coefficient (Wildman–Crippen LogP) is 1.07. The lowest BCUT2D eigenvalue weighted by atomic mass is 10.1. The van der Waals surface area contributed by atoms with Crippen LogP contribution >= 0.6 is 0 Å². The highest BCUT2D eigenvalue weighted by Gasteiger charge is 2.29. The third-order valence-corrected chi connectivity index (χ3v) is 4.42. The molecule has 3 atom stereocenters. The Bertz CT molecular complexity index is 295. The van der Waals surface area contributed by atoms with E-state index in [4.69, 9.17) is 0 Å². The molecule has 4 nitrogen and oxygen atoms in total. The zero-order valence-corrected chi connectivity index (χ0v) is 12.0. The summed E-state index contributed by atoms with van der Waals surface area (Å²) < 4.78 is 0. The predicted molar refractivity (Wildman–Crippen MR) is 73.5 cm³/mol. The molecular weight excluding hydrogens is 226 g/mol. The molecule has 0 aromatic heterocycles. The second-order valence-electron chi connectivity index (χ2n) is 5.87. The fourth-order valence-electron chi connectivity index (χ4n) is 3.35. The lowest BCUT2D eigenvalue weighted by molar-refractivity contribution is -0.133. The van der Waals surface area contributed by atoms with Gasteiger partial charge in [0.2, 0.25) is 5.91 Å². The molecule has 0 bridgehead atoms. The summed E-state index contributed by atoms with van der Waals surface area (Å²) in [5, 5.41) is 3.71. The number of carbonyl (C=O) groups is 1. The summed E-state index contributed by atoms with van der Waals surface area (Å²) in [6.07, 6.45) is 3.87. The topological polar surface area (TPSA) is 35.6 Å². The van der Waals surface area contributed by atoms with Gasteiger partial charge in [0.05, 0.1) is 0 Å². The van der Waals surface area contributed by atoms with E-state index < -0.39 is 0 Å². The van der Waals surface area contributed by atoms with Gasteiger partial charge >= 0.3 is 0 Å². The van der Waals surface area contributed by atoms with Gasteiger partial charge in [0.15, 0.2) is 0 Å². The highest BCUT2D eigenvalue weighted by Crippen LogP contribution is 2.17. The average molecular weight is 253 g/mol. The van der Waals surface area contributed by atoms with E-state index in [1.165, 1.54) is 19.3 Å². The summed E-state index contributed by atoms with van der Waals surface area (Å²) in [6, 6.07) is 1.75. The van der Waals surface area contributed by atoms with Crippen molar-refractivity contribution in [1.82, 2.24) is 15.1 Å². The molecule has 0 aromatic carbocycles. The van der Waals surface area contributed by atoms with E-state index in [9.17, 15) is 4.79 Å². The fourth-order valence-corrected chi connectivity index (χ4v) is 3.35. The van der Waals surface area contributed by atoms with Gasteiger partial charge in [-0.05, 0) is 26.2 Å². The molecule has 1 N–H and O–H groups in total. The molecule has 0 saturated carbocycles. The molecule has 0 unspecified atom stereocenters. The molecule has 0 spiro atoms. The minimum Gasteiger partial charge on any atom is -0.338 e. The molecule has 2 rings (SSSR count). The van der Waals surface area contributed by atoms with Crippen molar-refractivity contribution in [3.63, 3.8) is 0 Å². The van der Waals surface area contributed by atoms with Crippen molar-refractivity contribution in [2.24, 2.45) is 0 Å². The standard InChI is InChI=1S/C14H27N3O/c1-4-13-5-6-14(15-13)10-16-7-8-17(12(3)18)11(2)9-16/h11,13-15H,4-10H2,1-3H3/t11-,13-,14+/m1/s1. The molecule has 2 aliphatic rings. The lowest BCUT2D eigenvalue weighted by Crippen LogP contribution is -2.55. The van der Waals surface area contributed by atoms with Crippen LogP contribution in [-0.4, -0.2) is 60.0 Å². The molecule has 2 aliphatic heterocycles. The van der Waals surface area contributed by atoms with Gasteiger partial charge in [-0.2, -0.15) is 0 Å². The smallest absolute Gasteiger partial charge is 0.219 e. The van der Waals surface area contributed by atoms with Gasteiger partial charge in [0.25, 0.3) is 0 Å². The molecule has 0 aromatic rings. The van der Waals surface area contributed by atoms with Crippen molar-refractivity contribution in [2.45, 2.75) is 58.2 Å². The number of amides is 1. The number of nitrogens with one attached hydrogen (secondary N) is 1. The maximum Gasteiger partial charge on any atom is 0.219 e. The van der Waals surface area contributed by atoms with Gasteiger partial charge in [-0.1, -0.05) is 6.92 Å². The summed E-state index contributed by atoms with van der Waals surface area (Å²) in [5.74, 6) is 0.215. The maximum absolute atomic E-state index is 11.4. The highest BCUT2D eigenvalue weighted by molar-refractivity contribution is 5.73. The number of hydrogen-bond acceptors (Lipinski definition) is 3. The normalized spacial score (nSPS) is 33.9. The van der Waals surface area contributed by atoms with Crippen LogP contribution in [0.25, 0.3) is 0 Å². The van der Waals surface area contributed by atoms with Crippen LogP contribution in [0.2, 0.25) is 0 Å². The Kier molecular flexibility index (Phi) is 4.62. The highest BCUT2D eigenvalue weighted by atomic mass is 16.2. The van der Waals surface area contributed by atoms with Crippen molar-refractivity contribution in [1.29, 1.82) is 0 Å². The minimum absolute atomic E-state index is 0.215. The van der Waals surface area contributed by atoms with Gasteiger partial charge in [0, 0.05) is 51.2 Å². The minimum atomic E-state index is 0.215. The molecule has 2 heterocycles. The van der Waals surface area contributed by atoms with Crippen LogP contribution in [0, 0.1) is 0 Å². The zero-order valence-electron chi connectivity index (χ0n) is 12.0. The van der Waals surface area contributed by atoms with Gasteiger partial charge in [-0.15, -0.1) is 0 Å². The molecule has 1 amide bonds. The molecule has 104 valence electrons. The Morgan fingerprint density at radius 1 is 1.28 bits per heavy atom. The first-order valence-corrected chi connectivity index (χ1v) is 7.35. The van der Waals surface area contributed by atoms with Gasteiger partial charge in [-0.3, -0.25) is 9.69 Å². The third-order valence-electron chi connectivity index (χ3n) is 4.42. The average Bonchev–Trinajstić information content (AvgIpc) is 2.76. The van der Waals surface area contributed by atoms with Crippen molar-refractivity contribution in [3.8, 4) is 0 Å². The van der Waals surface area contributed by atoms with Crippen molar-refractivity contribution >= 4 is 5.91 Å². The summed E-state index contributed by atoms with van der Waals surface area (Å²) in [6.45, 7) is 10.2. The first kappa shape index (κ1) is 13.8. The first-order valence-electron chi connectivity index (χ1n) is 7.35. The Labute approximate surface area is 111 Å². The van der Waals surface area contributed by atoms with Crippen molar-refractivity contribution < 1.29 is 4.79 Å². The van der Waals surface area contributed by atoms with Gasteiger partial charge in [0.1, 0.15) is 0 Å². The van der Waals surface area contributed by atoms with Gasteiger partial charge < -0.3 is 10.2 Å². The van der Waals surface area contributed by atoms with Crippen molar-refractivity contribution in [3.05, 3.63) is 0 Å². The summed E-state index contributed by atoms with van der Waals surface area (Å²) in [4.78, 5) is 15.9. The third kappa shape index (κ3) is 3.23. The molecule has 4 heteroatoms. The summed E-state index contributed by atoms with van der Waals surface area (Å²) in [7, 11) is 0. The fraction of sp³-hybridized carbons (Fsp3) is 0.929. The lowest BCUT2D eigenvalue weighted by Gasteiger charge is -2.40. The van der Waals surface area contributed by atoms with E-state index in [0.29, 0.717) is 12.1 Å². The Balaban J connectivity index is 1.77. The van der Waals surface area contributed by atoms with Crippen LogP contribution < -0.4 is 5.32 Å². The van der Waals surface area contributed by atoms with Crippen LogP contribution in [0.3, 0.4) is 0 Å². The van der Waals surface area contributed by atoms with E-state index in [0.717, 1.165) is 32.2 Å². The second-order valence-corrected chi connectivity index (χ2v) is 5.87. The molecule has 2 saturated heterocycles. The second kappa shape index (κ2) is 6.02. The van der Waals surface area contributed by atoms with Crippen LogP contribution in [0.4, 0.5) is 0 Å². The molecular formula is C14H27N3O. The van der Waals surface area contributed by atoms with Crippen molar-refractivity contribution in [2.75, 3.05) is 26.2 Å². The van der Waals surface area contributed by atoms with E-state index in [-0.39, 0.29) is 5.91 Å². The SMILES string of the molecule is CC[C@@H]1CC[C@@H](CN2CCN(C(C)=O)[C@H](C)C2)N1. The van der Waals surface area contributed by atoms with E-state index in [1.807, 2.05) is 4.90 Å². The Hall–Kier alpha value is -0.610. The van der Waals surface area contributed by atoms with E-state index in [1.54, 1.807) is 6.92 Å². The van der Waals surface area contributed by atoms with Crippen LogP contribution in [0.5, 0.6) is 0 Å². The van der Waals surface area contributed by atoms with Crippen LogP contribution in [-0.2, 0) is 4.79 Å². The number of hydrogen-bond donors (Lipinski definition) is 1. The van der Waals surface area contributed by atoms with E-state index >= 15 is 0 Å². The summed E-state index contributed by atoms with van der Waals surface area (Å²) >= 11 is 0. The van der Waals surface area contributed by atoms with E-state index in [2.05, 4.69) is 24.1 Å². The maximum atomic E-state index is 11.4. The zero-order chi connectivity index (χ0) is 13.1. The monoisotopic (exact) mass is 253 g/mol. The Morgan fingerprint density at radius 3 is 2.56 bits per heavy atom. The van der Waals surface area contributed by atoms with Crippen LogP contribution in [0.1, 0.15) is 40.0 Å². The number of rotatable bonds is 3. The number of piperazine rings is 1. The van der Waals surface area contributed by atoms with Crippen LogP contribution in [0.15, 0.2) is 0 Å². The molecule has 2 fully saturated rings. The molecule has 0 radical (unpaired) electrons. The largest absolute Gasteiger partial charge is 0.338 e. The number of nitrogens with zero attached hydrogens (tertiary/aromatic N) is 2. The quantitative estimate of drug-likeness (QED) is 0.817. The van der Waals surface area contributed by atoms with Gasteiger partial charge in [-0.25, -0.2) is 0 Å².